The van der Waals surface area contributed by atoms with Crippen LogP contribution in [-0.4, -0.2) is 21.4 Å². The first kappa shape index (κ1) is 17.3. The molecule has 0 bridgehead atoms. The zero-order valence-electron chi connectivity index (χ0n) is 13.0. The summed E-state index contributed by atoms with van der Waals surface area (Å²) in [7, 11) is 0. The summed E-state index contributed by atoms with van der Waals surface area (Å²) < 4.78 is 28.1. The molecule has 0 atom stereocenters. The molecule has 0 radical (unpaired) electrons. The Balaban J connectivity index is 2.33. The van der Waals surface area contributed by atoms with Gasteiger partial charge in [0.2, 0.25) is 11.8 Å². The molecule has 0 fully saturated rings. The molecule has 0 aliphatic rings. The number of benzene rings is 2. The molecule has 1 N–H and O–H groups in total. The first-order valence-corrected chi connectivity index (χ1v) is 8.08. The Morgan fingerprint density at radius 3 is 2.48 bits per heavy atom. The molecule has 2 aromatic carbocycles. The summed E-state index contributed by atoms with van der Waals surface area (Å²) in [4.78, 5) is 24.8. The van der Waals surface area contributed by atoms with Crippen LogP contribution in [0.15, 0.2) is 46.9 Å². The topological polar surface area (TPSA) is 59.3 Å². The van der Waals surface area contributed by atoms with Crippen molar-refractivity contribution in [3.8, 4) is 5.88 Å². The van der Waals surface area contributed by atoms with E-state index in [4.69, 9.17) is 0 Å². The van der Waals surface area contributed by atoms with Crippen LogP contribution in [0.1, 0.15) is 39.6 Å². The summed E-state index contributed by atoms with van der Waals surface area (Å²) in [5, 5.41) is 10.8. The van der Waals surface area contributed by atoms with Crippen molar-refractivity contribution in [3.63, 3.8) is 0 Å². The molecule has 3 rings (SSSR count). The highest BCUT2D eigenvalue weighted by Crippen LogP contribution is 2.36. The third-order valence-corrected chi connectivity index (χ3v) is 4.38. The van der Waals surface area contributed by atoms with Gasteiger partial charge in [-0.1, -0.05) is 40.2 Å². The lowest BCUT2D eigenvalue weighted by atomic mass is 9.98. The van der Waals surface area contributed by atoms with Gasteiger partial charge in [0.05, 0.1) is 11.1 Å². The van der Waals surface area contributed by atoms with E-state index in [0.717, 1.165) is 10.6 Å². The van der Waals surface area contributed by atoms with Crippen LogP contribution in [0, 0.1) is 0 Å². The summed E-state index contributed by atoms with van der Waals surface area (Å²) in [6, 6.07) is 10.1. The largest absolute Gasteiger partial charge is 0.494 e. The van der Waals surface area contributed by atoms with Gasteiger partial charge in [-0.3, -0.25) is 14.2 Å². The summed E-state index contributed by atoms with van der Waals surface area (Å²) in [5.74, 6) is -1.82. The van der Waals surface area contributed by atoms with Crippen LogP contribution in [0.25, 0.3) is 10.9 Å². The lowest BCUT2D eigenvalue weighted by Crippen LogP contribution is -2.08. The molecule has 7 heteroatoms. The summed E-state index contributed by atoms with van der Waals surface area (Å²) >= 11 is 3.27. The van der Waals surface area contributed by atoms with Gasteiger partial charge >= 0.3 is 0 Å². The van der Waals surface area contributed by atoms with E-state index in [9.17, 15) is 23.5 Å². The normalized spacial score (nSPS) is 11.2. The van der Waals surface area contributed by atoms with E-state index < -0.39 is 29.6 Å². The van der Waals surface area contributed by atoms with Gasteiger partial charge in [0.15, 0.2) is 5.78 Å². The molecule has 4 nitrogen and oxygen atoms in total. The molecule has 1 heterocycles. The average molecular weight is 408 g/mol. The number of aromatic hydroxyl groups is 1. The standard InChI is InChI=1S/C18H12BrF2NO3/c1-9(23)22-14-7-6-10(19)8-13(14)15(18(22)25)16(24)11-4-2-3-5-12(11)17(20)21/h2-8,17,25H,1H3. The Bertz CT molecular complexity index is 1010. The lowest BCUT2D eigenvalue weighted by Gasteiger charge is -2.08. The SMILES string of the molecule is CC(=O)n1c(O)c(C(=O)c2ccccc2C(F)F)c2cc(Br)ccc21. The van der Waals surface area contributed by atoms with Crippen molar-refractivity contribution in [2.75, 3.05) is 0 Å². The molecule has 0 aliphatic heterocycles. The average Bonchev–Trinajstić information content (AvgIpc) is 2.85. The van der Waals surface area contributed by atoms with E-state index in [1.807, 2.05) is 0 Å². The molecule has 0 aliphatic carbocycles. The van der Waals surface area contributed by atoms with Crippen molar-refractivity contribution in [2.45, 2.75) is 13.3 Å². The van der Waals surface area contributed by atoms with Crippen molar-refractivity contribution in [1.29, 1.82) is 0 Å². The van der Waals surface area contributed by atoms with Gasteiger partial charge in [0.1, 0.15) is 0 Å². The number of hydrogen-bond acceptors (Lipinski definition) is 3. The number of halogens is 3. The second kappa shape index (κ2) is 6.40. The Labute approximate surface area is 149 Å². The number of rotatable bonds is 3. The third-order valence-electron chi connectivity index (χ3n) is 3.89. The fraction of sp³-hybridized carbons (Fsp3) is 0.111. The molecule has 0 spiro atoms. The lowest BCUT2D eigenvalue weighted by molar-refractivity contribution is 0.0932. The quantitative estimate of drug-likeness (QED) is 0.625. The predicted molar refractivity (Wildman–Crippen MR) is 92.4 cm³/mol. The highest BCUT2D eigenvalue weighted by atomic mass is 79.9. The van der Waals surface area contributed by atoms with Gasteiger partial charge < -0.3 is 5.11 Å². The van der Waals surface area contributed by atoms with Crippen LogP contribution in [-0.2, 0) is 0 Å². The van der Waals surface area contributed by atoms with Crippen molar-refractivity contribution < 1.29 is 23.5 Å². The smallest absolute Gasteiger partial charge is 0.264 e. The number of fused-ring (bicyclic) bond motifs is 1. The van der Waals surface area contributed by atoms with E-state index in [2.05, 4.69) is 15.9 Å². The molecule has 1 aromatic heterocycles. The molecule has 0 amide bonds. The zero-order chi connectivity index (χ0) is 18.3. The first-order valence-electron chi connectivity index (χ1n) is 7.28. The predicted octanol–water partition coefficient (Wildman–Crippen LogP) is 4.94. The van der Waals surface area contributed by atoms with E-state index in [1.165, 1.54) is 25.1 Å². The Morgan fingerprint density at radius 2 is 1.84 bits per heavy atom. The number of aromatic nitrogens is 1. The van der Waals surface area contributed by atoms with E-state index in [-0.39, 0.29) is 11.1 Å². The maximum Gasteiger partial charge on any atom is 0.264 e. The van der Waals surface area contributed by atoms with Gasteiger partial charge in [-0.05, 0) is 18.2 Å². The van der Waals surface area contributed by atoms with Crippen molar-refractivity contribution >= 4 is 38.5 Å². The van der Waals surface area contributed by atoms with E-state index in [0.29, 0.717) is 15.4 Å². The number of carbonyl (C=O) groups excluding carboxylic acids is 2. The first-order chi connectivity index (χ1) is 11.8. The minimum absolute atomic E-state index is 0.181. The minimum atomic E-state index is -2.84. The molecule has 0 unspecified atom stereocenters. The van der Waals surface area contributed by atoms with Gasteiger partial charge in [0.25, 0.3) is 6.43 Å². The maximum absolute atomic E-state index is 13.2. The fourth-order valence-corrected chi connectivity index (χ4v) is 3.18. The fourth-order valence-electron chi connectivity index (χ4n) is 2.82. The summed E-state index contributed by atoms with van der Waals surface area (Å²) in [6.07, 6.45) is -2.84. The van der Waals surface area contributed by atoms with Crippen LogP contribution >= 0.6 is 15.9 Å². The zero-order valence-corrected chi connectivity index (χ0v) is 14.5. The van der Waals surface area contributed by atoms with E-state index in [1.54, 1.807) is 18.2 Å². The van der Waals surface area contributed by atoms with Gasteiger partial charge in [0, 0.05) is 27.9 Å². The number of hydrogen-bond donors (Lipinski definition) is 1. The maximum atomic E-state index is 13.2. The number of nitrogens with zero attached hydrogens (tertiary/aromatic N) is 1. The van der Waals surface area contributed by atoms with Gasteiger partial charge in [-0.25, -0.2) is 8.78 Å². The van der Waals surface area contributed by atoms with Crippen LogP contribution in [0.5, 0.6) is 5.88 Å². The summed E-state index contributed by atoms with van der Waals surface area (Å²) in [5.41, 5.74) is -0.494. The van der Waals surface area contributed by atoms with Crippen molar-refractivity contribution in [1.82, 2.24) is 4.57 Å². The number of carbonyl (C=O) groups is 2. The Hall–Kier alpha value is -2.54. The van der Waals surface area contributed by atoms with Crippen LogP contribution in [0.2, 0.25) is 0 Å². The van der Waals surface area contributed by atoms with Crippen molar-refractivity contribution in [3.05, 3.63) is 63.6 Å². The summed E-state index contributed by atoms with van der Waals surface area (Å²) in [6.45, 7) is 1.24. The number of alkyl halides is 2. The molecular formula is C18H12BrF2NO3. The molecule has 128 valence electrons. The monoisotopic (exact) mass is 407 g/mol. The Kier molecular flexibility index (Phi) is 4.43. The van der Waals surface area contributed by atoms with Crippen molar-refractivity contribution in [2.24, 2.45) is 0 Å². The Morgan fingerprint density at radius 1 is 1.16 bits per heavy atom. The van der Waals surface area contributed by atoms with Gasteiger partial charge in [-0.2, -0.15) is 0 Å². The second-order valence-corrected chi connectivity index (χ2v) is 6.35. The third kappa shape index (κ3) is 2.84. The molecular weight excluding hydrogens is 396 g/mol. The van der Waals surface area contributed by atoms with Crippen LogP contribution < -0.4 is 0 Å². The second-order valence-electron chi connectivity index (χ2n) is 5.43. The van der Waals surface area contributed by atoms with Crippen LogP contribution in [0.3, 0.4) is 0 Å². The molecule has 3 aromatic rings. The molecule has 25 heavy (non-hydrogen) atoms. The molecule has 0 saturated carbocycles. The highest BCUT2D eigenvalue weighted by Gasteiger charge is 2.28. The van der Waals surface area contributed by atoms with Crippen LogP contribution in [0.4, 0.5) is 8.78 Å². The molecule has 0 saturated heterocycles. The number of ketones is 1. The van der Waals surface area contributed by atoms with E-state index >= 15 is 0 Å². The van der Waals surface area contributed by atoms with Gasteiger partial charge in [-0.15, -0.1) is 0 Å². The highest BCUT2D eigenvalue weighted by molar-refractivity contribution is 9.10. The minimum Gasteiger partial charge on any atom is -0.494 e.